The molecular weight excluding hydrogens is 458 g/mol. The Labute approximate surface area is 201 Å². The fourth-order valence-corrected chi connectivity index (χ4v) is 5.10. The number of ketones is 1. The Bertz CT molecular complexity index is 1210. The van der Waals surface area contributed by atoms with E-state index in [1.54, 1.807) is 4.90 Å². The van der Waals surface area contributed by atoms with Crippen molar-refractivity contribution in [1.82, 2.24) is 19.7 Å². The summed E-state index contributed by atoms with van der Waals surface area (Å²) in [5, 5.41) is 9.30. The van der Waals surface area contributed by atoms with Crippen LogP contribution in [0.15, 0.2) is 47.6 Å². The minimum absolute atomic E-state index is 0.0457. The summed E-state index contributed by atoms with van der Waals surface area (Å²) in [4.78, 5) is 27.1. The molecule has 1 amide bonds. The Hall–Kier alpha value is -3.07. The van der Waals surface area contributed by atoms with E-state index in [0.29, 0.717) is 37.6 Å². The molecule has 9 heteroatoms. The van der Waals surface area contributed by atoms with Gasteiger partial charge in [0.1, 0.15) is 11.6 Å². The zero-order valence-corrected chi connectivity index (χ0v) is 19.9. The number of rotatable bonds is 7. The SMILES string of the molecule is CCn1c(SCC(=O)N2CCC(C(=O)c3cc(F)ccc3F)CC2)nnc1-c1cccc(C)c1. The summed E-state index contributed by atoms with van der Waals surface area (Å²) in [5.74, 6) is -1.25. The number of aromatic nitrogens is 3. The average Bonchev–Trinajstić information content (AvgIpc) is 3.26. The molecule has 2 heterocycles. The van der Waals surface area contributed by atoms with Crippen LogP contribution in [-0.2, 0) is 11.3 Å². The highest BCUT2D eigenvalue weighted by Crippen LogP contribution is 2.27. The van der Waals surface area contributed by atoms with Gasteiger partial charge in [0.15, 0.2) is 16.8 Å². The minimum atomic E-state index is -0.716. The second kappa shape index (κ2) is 10.5. The Morgan fingerprint density at radius 2 is 1.85 bits per heavy atom. The van der Waals surface area contributed by atoms with Gasteiger partial charge >= 0.3 is 0 Å². The monoisotopic (exact) mass is 484 g/mol. The third kappa shape index (κ3) is 5.19. The van der Waals surface area contributed by atoms with Gasteiger partial charge in [-0.1, -0.05) is 35.5 Å². The summed E-state index contributed by atoms with van der Waals surface area (Å²) in [6.45, 7) is 5.52. The van der Waals surface area contributed by atoms with E-state index in [1.165, 1.54) is 11.8 Å². The van der Waals surface area contributed by atoms with E-state index >= 15 is 0 Å². The van der Waals surface area contributed by atoms with Gasteiger partial charge in [0, 0.05) is 31.1 Å². The van der Waals surface area contributed by atoms with Crippen LogP contribution in [0.5, 0.6) is 0 Å². The van der Waals surface area contributed by atoms with E-state index in [0.717, 1.165) is 35.2 Å². The molecule has 0 spiro atoms. The first-order chi connectivity index (χ1) is 16.4. The summed E-state index contributed by atoms with van der Waals surface area (Å²) in [5.41, 5.74) is 1.90. The van der Waals surface area contributed by atoms with Crippen molar-refractivity contribution >= 4 is 23.5 Å². The number of piperidine rings is 1. The van der Waals surface area contributed by atoms with Crippen LogP contribution in [0.3, 0.4) is 0 Å². The number of Topliss-reactive ketones (excluding diaryl/α,β-unsaturated/α-hetero) is 1. The molecule has 4 rings (SSSR count). The average molecular weight is 485 g/mol. The van der Waals surface area contributed by atoms with Gasteiger partial charge in [-0.2, -0.15) is 0 Å². The third-order valence-corrected chi connectivity index (χ3v) is 7.00. The molecule has 1 fully saturated rings. The van der Waals surface area contributed by atoms with Crippen molar-refractivity contribution in [2.75, 3.05) is 18.8 Å². The molecule has 1 aliphatic rings. The van der Waals surface area contributed by atoms with E-state index < -0.39 is 23.3 Å². The molecule has 0 unspecified atom stereocenters. The summed E-state index contributed by atoms with van der Waals surface area (Å²) in [6, 6.07) is 11.0. The van der Waals surface area contributed by atoms with Crippen molar-refractivity contribution in [2.24, 2.45) is 5.92 Å². The molecule has 0 radical (unpaired) electrons. The number of nitrogens with zero attached hydrogens (tertiary/aromatic N) is 4. The lowest BCUT2D eigenvalue weighted by Crippen LogP contribution is -2.41. The number of hydrogen-bond donors (Lipinski definition) is 0. The molecule has 178 valence electrons. The van der Waals surface area contributed by atoms with Crippen molar-refractivity contribution in [2.45, 2.75) is 38.4 Å². The van der Waals surface area contributed by atoms with E-state index in [4.69, 9.17) is 0 Å². The van der Waals surface area contributed by atoms with Gasteiger partial charge in [-0.25, -0.2) is 8.78 Å². The first-order valence-electron chi connectivity index (χ1n) is 11.3. The fraction of sp³-hybridized carbons (Fsp3) is 0.360. The highest BCUT2D eigenvalue weighted by molar-refractivity contribution is 7.99. The van der Waals surface area contributed by atoms with Gasteiger partial charge in [0.25, 0.3) is 0 Å². The predicted molar refractivity (Wildman–Crippen MR) is 127 cm³/mol. The Balaban J connectivity index is 1.34. The van der Waals surface area contributed by atoms with Crippen molar-refractivity contribution < 1.29 is 18.4 Å². The Morgan fingerprint density at radius 1 is 1.09 bits per heavy atom. The second-order valence-electron chi connectivity index (χ2n) is 8.35. The summed E-state index contributed by atoms with van der Waals surface area (Å²) < 4.78 is 29.4. The van der Waals surface area contributed by atoms with Crippen molar-refractivity contribution in [3.63, 3.8) is 0 Å². The maximum Gasteiger partial charge on any atom is 0.233 e. The molecule has 6 nitrogen and oxygen atoms in total. The lowest BCUT2D eigenvalue weighted by Gasteiger charge is -2.31. The molecule has 0 N–H and O–H groups in total. The van der Waals surface area contributed by atoms with Gasteiger partial charge in [0.2, 0.25) is 5.91 Å². The summed E-state index contributed by atoms with van der Waals surface area (Å²) >= 11 is 1.34. The number of carbonyl (C=O) groups excluding carboxylic acids is 2. The number of benzene rings is 2. The third-order valence-electron chi connectivity index (χ3n) is 6.05. The zero-order valence-electron chi connectivity index (χ0n) is 19.1. The standard InChI is InChI=1S/C25H26F2N4O2S/c1-3-31-24(18-6-4-5-16(2)13-18)28-29-25(31)34-15-22(32)30-11-9-17(10-12-30)23(33)20-14-19(26)7-8-21(20)27/h4-8,13-14,17H,3,9-12,15H2,1-2H3. The molecule has 1 aromatic heterocycles. The van der Waals surface area contributed by atoms with Crippen molar-refractivity contribution in [3.05, 3.63) is 65.2 Å². The molecule has 0 aliphatic carbocycles. The largest absolute Gasteiger partial charge is 0.342 e. The number of amides is 1. The van der Waals surface area contributed by atoms with Gasteiger partial charge in [0.05, 0.1) is 11.3 Å². The van der Waals surface area contributed by atoms with Crippen molar-refractivity contribution in [1.29, 1.82) is 0 Å². The molecule has 0 atom stereocenters. The highest BCUT2D eigenvalue weighted by Gasteiger charge is 2.29. The van der Waals surface area contributed by atoms with Gasteiger partial charge in [-0.05, 0) is 51.0 Å². The maximum absolute atomic E-state index is 14.0. The molecule has 0 saturated carbocycles. The lowest BCUT2D eigenvalue weighted by atomic mass is 9.88. The van der Waals surface area contributed by atoms with Crippen LogP contribution >= 0.6 is 11.8 Å². The molecule has 3 aromatic rings. The summed E-state index contributed by atoms with van der Waals surface area (Å²) in [6.07, 6.45) is 0.849. The molecule has 2 aromatic carbocycles. The molecule has 0 bridgehead atoms. The smallest absolute Gasteiger partial charge is 0.233 e. The first-order valence-corrected chi connectivity index (χ1v) is 12.3. The van der Waals surface area contributed by atoms with Crippen LogP contribution in [0.4, 0.5) is 8.78 Å². The summed E-state index contributed by atoms with van der Waals surface area (Å²) in [7, 11) is 0. The van der Waals surface area contributed by atoms with Crippen LogP contribution in [0.2, 0.25) is 0 Å². The van der Waals surface area contributed by atoms with Crippen LogP contribution in [0, 0.1) is 24.5 Å². The molecule has 1 aliphatic heterocycles. The van der Waals surface area contributed by atoms with Gasteiger partial charge in [-0.15, -0.1) is 10.2 Å². The molecule has 34 heavy (non-hydrogen) atoms. The topological polar surface area (TPSA) is 68.1 Å². The first kappa shape index (κ1) is 24.1. The lowest BCUT2D eigenvalue weighted by molar-refractivity contribution is -0.129. The number of aryl methyl sites for hydroxylation is 1. The number of carbonyl (C=O) groups is 2. The fourth-order valence-electron chi connectivity index (χ4n) is 4.19. The van der Waals surface area contributed by atoms with E-state index in [1.807, 2.05) is 36.6 Å². The Morgan fingerprint density at radius 3 is 2.56 bits per heavy atom. The maximum atomic E-state index is 14.0. The highest BCUT2D eigenvalue weighted by atomic mass is 32.2. The normalized spacial score (nSPS) is 14.4. The Kier molecular flexibility index (Phi) is 7.41. The minimum Gasteiger partial charge on any atom is -0.342 e. The molecule has 1 saturated heterocycles. The predicted octanol–water partition coefficient (Wildman–Crippen LogP) is 4.77. The number of thioether (sulfide) groups is 1. The van der Waals surface area contributed by atoms with E-state index in [2.05, 4.69) is 16.3 Å². The van der Waals surface area contributed by atoms with E-state index in [9.17, 15) is 18.4 Å². The quantitative estimate of drug-likeness (QED) is 0.357. The van der Waals surface area contributed by atoms with Crippen LogP contribution < -0.4 is 0 Å². The zero-order chi connectivity index (χ0) is 24.2. The second-order valence-corrected chi connectivity index (χ2v) is 9.29. The van der Waals surface area contributed by atoms with Crippen LogP contribution in [0.25, 0.3) is 11.4 Å². The van der Waals surface area contributed by atoms with Gasteiger partial charge in [-0.3, -0.25) is 9.59 Å². The number of hydrogen-bond acceptors (Lipinski definition) is 5. The van der Waals surface area contributed by atoms with E-state index in [-0.39, 0.29) is 17.2 Å². The molecular formula is C25H26F2N4O2S. The van der Waals surface area contributed by atoms with Crippen LogP contribution in [-0.4, -0.2) is 50.2 Å². The van der Waals surface area contributed by atoms with Crippen molar-refractivity contribution in [3.8, 4) is 11.4 Å². The number of halogens is 2. The number of likely N-dealkylation sites (tertiary alicyclic amines) is 1. The van der Waals surface area contributed by atoms with Crippen LogP contribution in [0.1, 0.15) is 35.7 Å². The van der Waals surface area contributed by atoms with Gasteiger partial charge < -0.3 is 9.47 Å².